The molecule has 0 bridgehead atoms. The van der Waals surface area contributed by atoms with Gasteiger partial charge in [-0.3, -0.25) is 0 Å². The minimum absolute atomic E-state index is 0.252. The van der Waals surface area contributed by atoms with Gasteiger partial charge in [-0.25, -0.2) is 9.59 Å². The molecule has 0 spiro atoms. The molecule has 2 aliphatic carbocycles. The molecule has 0 radical (unpaired) electrons. The molecule has 0 fully saturated rings. The molecule has 0 unspecified atom stereocenters. The molecule has 4 rings (SSSR count). The third kappa shape index (κ3) is 11.4. The van der Waals surface area contributed by atoms with Crippen LogP contribution in [0.3, 0.4) is 0 Å². The second kappa shape index (κ2) is 17.1. The van der Waals surface area contributed by atoms with Crippen molar-refractivity contribution < 1.29 is 19.8 Å². The molecule has 0 amide bonds. The molecule has 0 saturated heterocycles. The van der Waals surface area contributed by atoms with Crippen LogP contribution in [-0.2, 0) is 0 Å². The van der Waals surface area contributed by atoms with E-state index in [9.17, 15) is 9.59 Å². The average molecular weight is 647 g/mol. The van der Waals surface area contributed by atoms with Crippen molar-refractivity contribution >= 4 is 24.1 Å². The van der Waals surface area contributed by atoms with Crippen LogP contribution in [-0.4, -0.2) is 22.2 Å². The number of benzene rings is 2. The fraction of sp³-hybridized carbons (Fsp3) is 0.364. The van der Waals surface area contributed by atoms with Gasteiger partial charge in [0, 0.05) is 0 Å². The Labute approximate surface area is 288 Å². The van der Waals surface area contributed by atoms with Gasteiger partial charge in [0.05, 0.1) is 11.1 Å². The van der Waals surface area contributed by atoms with E-state index >= 15 is 0 Å². The van der Waals surface area contributed by atoms with Crippen LogP contribution in [0, 0.1) is 10.8 Å². The summed E-state index contributed by atoms with van der Waals surface area (Å²) in [5.41, 5.74) is 11.4. The molecule has 0 heterocycles. The number of carboxylic acids is 2. The van der Waals surface area contributed by atoms with Gasteiger partial charge in [0.15, 0.2) is 0 Å². The van der Waals surface area contributed by atoms with E-state index < -0.39 is 11.9 Å². The molecule has 2 N–H and O–H groups in total. The van der Waals surface area contributed by atoms with Crippen molar-refractivity contribution in [1.82, 2.24) is 0 Å². The van der Waals surface area contributed by atoms with E-state index in [4.69, 9.17) is 10.2 Å². The van der Waals surface area contributed by atoms with Crippen LogP contribution in [0.25, 0.3) is 12.2 Å². The fourth-order valence-electron chi connectivity index (χ4n) is 6.59. The summed E-state index contributed by atoms with van der Waals surface area (Å²) in [6.07, 6.45) is 24.5. The van der Waals surface area contributed by atoms with Crippen LogP contribution in [0.4, 0.5) is 0 Å². The second-order valence-electron chi connectivity index (χ2n) is 14.5. The Morgan fingerprint density at radius 1 is 0.625 bits per heavy atom. The largest absolute Gasteiger partial charge is 0.478 e. The number of hydrogen-bond acceptors (Lipinski definition) is 2. The lowest BCUT2D eigenvalue weighted by Crippen LogP contribution is -2.19. The van der Waals surface area contributed by atoms with Gasteiger partial charge in [-0.2, -0.15) is 0 Å². The smallest absolute Gasteiger partial charge is 0.335 e. The molecule has 48 heavy (non-hydrogen) atoms. The van der Waals surface area contributed by atoms with Crippen molar-refractivity contribution in [1.29, 1.82) is 0 Å². The first-order valence-corrected chi connectivity index (χ1v) is 17.1. The third-order valence-electron chi connectivity index (χ3n) is 9.47. The van der Waals surface area contributed by atoms with Gasteiger partial charge >= 0.3 is 11.9 Å². The highest BCUT2D eigenvalue weighted by molar-refractivity contribution is 5.88. The van der Waals surface area contributed by atoms with Crippen LogP contribution in [0.1, 0.15) is 126 Å². The Kier molecular flexibility index (Phi) is 13.5. The van der Waals surface area contributed by atoms with Crippen molar-refractivity contribution in [2.24, 2.45) is 10.8 Å². The highest BCUT2D eigenvalue weighted by Crippen LogP contribution is 2.41. The highest BCUT2D eigenvalue weighted by atomic mass is 16.4. The average Bonchev–Trinajstić information content (AvgIpc) is 3.01. The molecule has 4 heteroatoms. The molecule has 0 aromatic heterocycles. The third-order valence-corrected chi connectivity index (χ3v) is 9.47. The molecule has 2 aliphatic rings. The van der Waals surface area contributed by atoms with Gasteiger partial charge in [-0.05, 0) is 124 Å². The van der Waals surface area contributed by atoms with E-state index in [1.807, 2.05) is 36.4 Å². The fourth-order valence-corrected chi connectivity index (χ4v) is 6.59. The number of carbonyl (C=O) groups is 2. The first-order chi connectivity index (χ1) is 22.6. The quantitative estimate of drug-likeness (QED) is 0.266. The Morgan fingerprint density at radius 3 is 1.46 bits per heavy atom. The standard InChI is InChI=1S/C23H28O2.C21H26O2/c1-17(10-15-21-18(2)8-6-16-23(21,3)4)7-5-9-19-11-13-20(14-12-19)22(24)25;1-15(14-17-8-10-18(11-9-17)20(22)23)7-12-19-16(2)6-5-13-21(19,3)4/h5,7,9-15H,6,8,16H2,1-4H3,(H,24,25);7-12,14H,5-6,13H2,1-4H3,(H,22,23)/b9-5+,15-10?,17-7?;. The maximum atomic E-state index is 10.9. The van der Waals surface area contributed by atoms with Gasteiger partial charge in [0.25, 0.3) is 0 Å². The normalized spacial score (nSPS) is 18.4. The van der Waals surface area contributed by atoms with Crippen molar-refractivity contribution in [3.8, 4) is 0 Å². The molecule has 0 atom stereocenters. The van der Waals surface area contributed by atoms with E-state index in [-0.39, 0.29) is 10.8 Å². The van der Waals surface area contributed by atoms with Crippen LogP contribution < -0.4 is 0 Å². The number of hydrogen-bond donors (Lipinski definition) is 2. The van der Waals surface area contributed by atoms with Crippen LogP contribution in [0.15, 0.2) is 118 Å². The van der Waals surface area contributed by atoms with Crippen molar-refractivity contribution in [2.45, 2.75) is 93.9 Å². The van der Waals surface area contributed by atoms with E-state index in [0.29, 0.717) is 11.1 Å². The summed E-state index contributed by atoms with van der Waals surface area (Å²) >= 11 is 0. The number of allylic oxidation sites excluding steroid dienone is 12. The summed E-state index contributed by atoms with van der Waals surface area (Å²) in [4.78, 5) is 21.7. The summed E-state index contributed by atoms with van der Waals surface area (Å²) in [6.45, 7) is 18.0. The summed E-state index contributed by atoms with van der Waals surface area (Å²) in [5, 5.41) is 17.8. The molecule has 2 aromatic rings. The summed E-state index contributed by atoms with van der Waals surface area (Å²) in [7, 11) is 0. The Hall–Kier alpha value is -4.44. The maximum absolute atomic E-state index is 10.9. The van der Waals surface area contributed by atoms with Crippen molar-refractivity contribution in [3.63, 3.8) is 0 Å². The van der Waals surface area contributed by atoms with E-state index in [0.717, 1.165) is 16.7 Å². The zero-order valence-corrected chi connectivity index (χ0v) is 30.2. The van der Waals surface area contributed by atoms with Gasteiger partial charge in [0.1, 0.15) is 0 Å². The molecular weight excluding hydrogens is 592 g/mol. The van der Waals surface area contributed by atoms with E-state index in [2.05, 4.69) is 91.8 Å². The van der Waals surface area contributed by atoms with Gasteiger partial charge in [-0.1, -0.05) is 123 Å². The number of carboxylic acid groups (broad SMARTS) is 2. The van der Waals surface area contributed by atoms with Crippen LogP contribution in [0.5, 0.6) is 0 Å². The summed E-state index contributed by atoms with van der Waals surface area (Å²) in [5.74, 6) is -1.79. The zero-order chi connectivity index (χ0) is 35.5. The van der Waals surface area contributed by atoms with Gasteiger partial charge in [0.2, 0.25) is 0 Å². The first-order valence-electron chi connectivity index (χ1n) is 17.1. The minimum atomic E-state index is -0.897. The summed E-state index contributed by atoms with van der Waals surface area (Å²) < 4.78 is 0. The van der Waals surface area contributed by atoms with Crippen LogP contribution in [0.2, 0.25) is 0 Å². The number of rotatable bonds is 9. The monoisotopic (exact) mass is 646 g/mol. The van der Waals surface area contributed by atoms with Gasteiger partial charge < -0.3 is 10.2 Å². The molecule has 0 aliphatic heterocycles. The van der Waals surface area contributed by atoms with E-state index in [1.54, 1.807) is 24.3 Å². The lowest BCUT2D eigenvalue weighted by atomic mass is 9.72. The van der Waals surface area contributed by atoms with Gasteiger partial charge in [-0.15, -0.1) is 0 Å². The number of aromatic carboxylic acids is 2. The second-order valence-corrected chi connectivity index (χ2v) is 14.5. The molecule has 0 saturated carbocycles. The van der Waals surface area contributed by atoms with Crippen molar-refractivity contribution in [2.75, 3.05) is 0 Å². The highest BCUT2D eigenvalue weighted by Gasteiger charge is 2.27. The Morgan fingerprint density at radius 2 is 1.04 bits per heavy atom. The molecule has 254 valence electrons. The Balaban J connectivity index is 0.000000261. The lowest BCUT2D eigenvalue weighted by Gasteiger charge is -2.33. The molecule has 2 aromatic carbocycles. The lowest BCUT2D eigenvalue weighted by molar-refractivity contribution is 0.0686. The SMILES string of the molecule is CC(C=CC1=C(C)CCCC1(C)C)=C/C=C/c1ccc(C(=O)O)cc1.CC(C=CC1=C(C)CCCC1(C)C)=Cc1ccc(C(=O)O)cc1. The summed E-state index contributed by atoms with van der Waals surface area (Å²) in [6, 6.07) is 13.9. The van der Waals surface area contributed by atoms with Crippen LogP contribution >= 0.6 is 0 Å². The molecular formula is C44H54O4. The Bertz CT molecular complexity index is 1660. The maximum Gasteiger partial charge on any atom is 0.335 e. The van der Waals surface area contributed by atoms with Crippen molar-refractivity contribution in [3.05, 3.63) is 141 Å². The predicted molar refractivity (Wildman–Crippen MR) is 202 cm³/mol. The molecule has 4 nitrogen and oxygen atoms in total. The zero-order valence-electron chi connectivity index (χ0n) is 30.2. The first kappa shape index (κ1) is 38.0. The predicted octanol–water partition coefficient (Wildman–Crippen LogP) is 12.3. The van der Waals surface area contributed by atoms with E-state index in [1.165, 1.54) is 66.4 Å². The minimum Gasteiger partial charge on any atom is -0.478 e. The topological polar surface area (TPSA) is 74.6 Å².